The number of amides is 1. The van der Waals surface area contributed by atoms with Gasteiger partial charge in [0.2, 0.25) is 0 Å². The number of ether oxygens (including phenoxy) is 2. The van der Waals surface area contributed by atoms with E-state index in [1.54, 1.807) is 4.90 Å². The van der Waals surface area contributed by atoms with Gasteiger partial charge in [-0.1, -0.05) is 48.5 Å². The van der Waals surface area contributed by atoms with Crippen LogP contribution in [0, 0.1) is 0 Å². The fourth-order valence-corrected chi connectivity index (χ4v) is 3.47. The van der Waals surface area contributed by atoms with Crippen LogP contribution in [-0.2, 0) is 18.0 Å². The number of likely N-dealkylation sites (tertiary alicyclic amines) is 1. The van der Waals surface area contributed by atoms with Gasteiger partial charge in [0.1, 0.15) is 19.0 Å². The van der Waals surface area contributed by atoms with Crippen LogP contribution < -0.4 is 10.4 Å². The van der Waals surface area contributed by atoms with Crippen LogP contribution >= 0.6 is 0 Å². The van der Waals surface area contributed by atoms with E-state index in [1.165, 1.54) is 4.68 Å². The summed E-state index contributed by atoms with van der Waals surface area (Å²) in [5, 5.41) is 4.38. The minimum atomic E-state index is -0.330. The second-order valence-corrected chi connectivity index (χ2v) is 7.18. The number of rotatable bonds is 6. The van der Waals surface area contributed by atoms with Gasteiger partial charge in [-0.2, -0.15) is 5.10 Å². The molecule has 0 radical (unpaired) electrons. The molecule has 3 aromatic rings. The molecular formula is C22H24N4O4. The van der Waals surface area contributed by atoms with Crippen molar-refractivity contribution < 1.29 is 14.3 Å². The summed E-state index contributed by atoms with van der Waals surface area (Å²) in [6.45, 7) is 1.49. The third-order valence-electron chi connectivity index (χ3n) is 5.08. The van der Waals surface area contributed by atoms with Crippen molar-refractivity contribution in [3.8, 4) is 5.75 Å². The molecule has 156 valence electrons. The SMILES string of the molecule is O=C(OCc1ccccc1)N1CCC(n2nc(COc3ccccc3)[nH]c2=O)CC1. The number of para-hydroxylation sites is 1. The van der Waals surface area contributed by atoms with E-state index >= 15 is 0 Å². The maximum Gasteiger partial charge on any atom is 0.410 e. The molecule has 1 N–H and O–H groups in total. The Labute approximate surface area is 174 Å². The molecule has 0 unspecified atom stereocenters. The fourth-order valence-electron chi connectivity index (χ4n) is 3.47. The molecule has 4 rings (SSSR count). The quantitative estimate of drug-likeness (QED) is 0.677. The first-order valence-corrected chi connectivity index (χ1v) is 10.0. The lowest BCUT2D eigenvalue weighted by Crippen LogP contribution is -2.41. The number of hydrogen-bond acceptors (Lipinski definition) is 5. The zero-order chi connectivity index (χ0) is 20.8. The van der Waals surface area contributed by atoms with E-state index in [0.29, 0.717) is 31.8 Å². The van der Waals surface area contributed by atoms with Crippen LogP contribution in [0.5, 0.6) is 5.75 Å². The van der Waals surface area contributed by atoms with Crippen LogP contribution in [0.1, 0.15) is 30.3 Å². The lowest BCUT2D eigenvalue weighted by molar-refractivity contribution is 0.0818. The van der Waals surface area contributed by atoms with Gasteiger partial charge in [-0.3, -0.25) is 4.98 Å². The molecule has 1 fully saturated rings. The van der Waals surface area contributed by atoms with Crippen LogP contribution in [0.4, 0.5) is 4.79 Å². The van der Waals surface area contributed by atoms with Crippen LogP contribution in [0.2, 0.25) is 0 Å². The lowest BCUT2D eigenvalue weighted by Gasteiger charge is -2.30. The third-order valence-corrected chi connectivity index (χ3v) is 5.08. The largest absolute Gasteiger partial charge is 0.486 e. The first kappa shape index (κ1) is 19.8. The van der Waals surface area contributed by atoms with E-state index < -0.39 is 0 Å². The van der Waals surface area contributed by atoms with E-state index in [4.69, 9.17) is 9.47 Å². The van der Waals surface area contributed by atoms with Gasteiger partial charge in [0.05, 0.1) is 6.04 Å². The fraction of sp³-hybridized carbons (Fsp3) is 0.318. The molecule has 8 nitrogen and oxygen atoms in total. The Morgan fingerprint density at radius 2 is 1.67 bits per heavy atom. The summed E-state index contributed by atoms with van der Waals surface area (Å²) in [5.41, 5.74) is 0.695. The molecule has 2 aromatic carbocycles. The Balaban J connectivity index is 1.28. The average Bonchev–Trinajstić information content (AvgIpc) is 3.18. The number of piperidine rings is 1. The van der Waals surface area contributed by atoms with Gasteiger partial charge in [0, 0.05) is 13.1 Å². The smallest absolute Gasteiger partial charge is 0.410 e. The van der Waals surface area contributed by atoms with Gasteiger partial charge in [-0.15, -0.1) is 0 Å². The second kappa shape index (κ2) is 9.30. The summed E-state index contributed by atoms with van der Waals surface area (Å²) >= 11 is 0. The van der Waals surface area contributed by atoms with Crippen LogP contribution in [-0.4, -0.2) is 38.8 Å². The van der Waals surface area contributed by atoms with Crippen LogP contribution in [0.3, 0.4) is 0 Å². The van der Waals surface area contributed by atoms with Gasteiger partial charge >= 0.3 is 11.8 Å². The first-order valence-electron chi connectivity index (χ1n) is 10.0. The van der Waals surface area contributed by atoms with Crippen molar-refractivity contribution in [2.24, 2.45) is 0 Å². The Morgan fingerprint density at radius 3 is 2.37 bits per heavy atom. The summed E-state index contributed by atoms with van der Waals surface area (Å²) in [7, 11) is 0. The molecule has 0 bridgehead atoms. The highest BCUT2D eigenvalue weighted by Gasteiger charge is 2.26. The molecule has 0 aliphatic carbocycles. The van der Waals surface area contributed by atoms with Crippen molar-refractivity contribution in [1.29, 1.82) is 0 Å². The van der Waals surface area contributed by atoms with Crippen molar-refractivity contribution >= 4 is 6.09 Å². The Kier molecular flexibility index (Phi) is 6.12. The van der Waals surface area contributed by atoms with E-state index in [1.807, 2.05) is 60.7 Å². The average molecular weight is 408 g/mol. The molecule has 8 heteroatoms. The molecule has 30 heavy (non-hydrogen) atoms. The molecule has 0 saturated carbocycles. The van der Waals surface area contributed by atoms with E-state index in [9.17, 15) is 9.59 Å². The molecule has 1 aromatic heterocycles. The van der Waals surface area contributed by atoms with Gasteiger partial charge in [-0.05, 0) is 30.5 Å². The number of nitrogens with zero attached hydrogens (tertiary/aromatic N) is 3. The molecule has 1 amide bonds. The van der Waals surface area contributed by atoms with Gasteiger partial charge in [0.25, 0.3) is 0 Å². The molecule has 0 spiro atoms. The summed E-state index contributed by atoms with van der Waals surface area (Å²) in [6.07, 6.45) is 0.956. The number of aromatic nitrogens is 3. The van der Waals surface area contributed by atoms with Gasteiger partial charge in [0.15, 0.2) is 5.82 Å². The number of carbonyl (C=O) groups excluding carboxylic acids is 1. The maximum atomic E-state index is 12.3. The normalized spacial score (nSPS) is 14.5. The minimum absolute atomic E-state index is 0.0580. The minimum Gasteiger partial charge on any atom is -0.486 e. The maximum absolute atomic E-state index is 12.3. The zero-order valence-corrected chi connectivity index (χ0v) is 16.6. The highest BCUT2D eigenvalue weighted by atomic mass is 16.6. The summed E-state index contributed by atoms with van der Waals surface area (Å²) in [5.74, 6) is 1.20. The van der Waals surface area contributed by atoms with E-state index in [-0.39, 0.29) is 31.0 Å². The number of hydrogen-bond donors (Lipinski definition) is 1. The molecular weight excluding hydrogens is 384 g/mol. The molecule has 2 heterocycles. The zero-order valence-electron chi connectivity index (χ0n) is 16.6. The lowest BCUT2D eigenvalue weighted by atomic mass is 10.1. The predicted molar refractivity (Wildman–Crippen MR) is 110 cm³/mol. The monoisotopic (exact) mass is 408 g/mol. The third kappa shape index (κ3) is 4.89. The van der Waals surface area contributed by atoms with Gasteiger partial charge in [-0.25, -0.2) is 14.3 Å². The number of nitrogens with one attached hydrogen (secondary N) is 1. The summed E-state index contributed by atoms with van der Waals surface area (Å²) in [4.78, 5) is 29.0. The van der Waals surface area contributed by atoms with Crippen LogP contribution in [0.15, 0.2) is 65.5 Å². The predicted octanol–water partition coefficient (Wildman–Crippen LogP) is 3.12. The van der Waals surface area contributed by atoms with Crippen molar-refractivity contribution in [2.45, 2.75) is 32.1 Å². The van der Waals surface area contributed by atoms with Crippen molar-refractivity contribution in [3.63, 3.8) is 0 Å². The summed E-state index contributed by atoms with van der Waals surface area (Å²) in [6, 6.07) is 18.9. The van der Waals surface area contributed by atoms with Crippen LogP contribution in [0.25, 0.3) is 0 Å². The highest BCUT2D eigenvalue weighted by molar-refractivity contribution is 5.67. The Morgan fingerprint density at radius 1 is 1.00 bits per heavy atom. The Bertz CT molecular complexity index is 1010. The van der Waals surface area contributed by atoms with Gasteiger partial charge < -0.3 is 14.4 Å². The molecule has 0 atom stereocenters. The topological polar surface area (TPSA) is 89.4 Å². The molecule has 1 aliphatic rings. The van der Waals surface area contributed by atoms with E-state index in [2.05, 4.69) is 10.1 Å². The number of benzene rings is 2. The number of aromatic amines is 1. The number of H-pyrrole nitrogens is 1. The second-order valence-electron chi connectivity index (χ2n) is 7.18. The van der Waals surface area contributed by atoms with Crippen molar-refractivity contribution in [1.82, 2.24) is 19.7 Å². The Hall–Kier alpha value is -3.55. The van der Waals surface area contributed by atoms with Crippen molar-refractivity contribution in [3.05, 3.63) is 82.5 Å². The molecule has 1 aliphatic heterocycles. The molecule has 1 saturated heterocycles. The standard InChI is InChI=1S/C22H24N4O4/c27-21-23-20(16-29-19-9-5-2-6-10-19)24-26(21)18-11-13-25(14-12-18)22(28)30-15-17-7-3-1-4-8-17/h1-10,18H,11-16H2,(H,23,24,27). The highest BCUT2D eigenvalue weighted by Crippen LogP contribution is 2.21. The summed E-state index contributed by atoms with van der Waals surface area (Å²) < 4.78 is 12.5. The van der Waals surface area contributed by atoms with Crippen molar-refractivity contribution in [2.75, 3.05) is 13.1 Å². The number of carbonyl (C=O) groups is 1. The first-order chi connectivity index (χ1) is 14.7. The van der Waals surface area contributed by atoms with E-state index in [0.717, 1.165) is 11.3 Å².